The Morgan fingerprint density at radius 1 is 1.55 bits per heavy atom. The number of hydrogen-bond acceptors (Lipinski definition) is 2. The van der Waals surface area contributed by atoms with E-state index in [9.17, 15) is 10.1 Å². The first kappa shape index (κ1) is 8.71. The quantitative estimate of drug-likeness (QED) is 0.465. The molecule has 0 heterocycles. The molecule has 0 amide bonds. The Bertz CT molecular complexity index is 279. The van der Waals surface area contributed by atoms with Crippen LogP contribution in [0, 0.1) is 10.1 Å². The first-order valence-corrected chi connectivity index (χ1v) is 7.64. The molecule has 1 aromatic carbocycles. The van der Waals surface area contributed by atoms with Crippen molar-refractivity contribution in [1.82, 2.24) is 0 Å². The predicted octanol–water partition coefficient (Wildman–Crippen LogP) is 1.23. The van der Waals surface area contributed by atoms with Gasteiger partial charge in [0.25, 0.3) is 0 Å². The predicted molar refractivity (Wildman–Crippen MR) is 47.4 cm³/mol. The summed E-state index contributed by atoms with van der Waals surface area (Å²) in [5.74, 6) is 0. The molecule has 0 atom stereocenters. The van der Waals surface area contributed by atoms with Crippen molar-refractivity contribution in [3.05, 3.63) is 34.4 Å². The van der Waals surface area contributed by atoms with Crippen LogP contribution in [0.2, 0.25) is 0 Å². The Morgan fingerprint density at radius 3 is 2.82 bits per heavy atom. The van der Waals surface area contributed by atoms with Gasteiger partial charge in [0.15, 0.2) is 0 Å². The van der Waals surface area contributed by atoms with Gasteiger partial charge in [0.1, 0.15) is 0 Å². The molecule has 3 nitrogen and oxygen atoms in total. The Balaban J connectivity index is 3.01. The number of benzene rings is 1. The number of rotatable bonds is 2. The molecule has 0 saturated heterocycles. The van der Waals surface area contributed by atoms with E-state index in [1.54, 1.807) is 12.1 Å². The fourth-order valence-electron chi connectivity index (χ4n) is 0.645. The topological polar surface area (TPSA) is 43.1 Å². The summed E-state index contributed by atoms with van der Waals surface area (Å²) in [5.41, 5.74) is 0.156. The van der Waals surface area contributed by atoms with E-state index in [4.69, 9.17) is 0 Å². The summed E-state index contributed by atoms with van der Waals surface area (Å²) in [6, 6.07) is 6.62. The molecule has 11 heavy (non-hydrogen) atoms. The third-order valence-corrected chi connectivity index (χ3v) is 3.97. The zero-order chi connectivity index (χ0) is 8.27. The van der Waals surface area contributed by atoms with Crippen LogP contribution in [-0.2, 0) is 0 Å². The number of nitrogens with zero attached hydrogens (tertiary/aromatic N) is 1. The Labute approximate surface area is 76.8 Å². The maximum absolute atomic E-state index is 10.3. The number of nitro groups is 1. The van der Waals surface area contributed by atoms with Crippen molar-refractivity contribution in [1.29, 1.82) is 0 Å². The van der Waals surface area contributed by atoms with Crippen molar-refractivity contribution in [2.45, 2.75) is 0 Å². The SMILES string of the molecule is O=[N+]([O-])c1cccc([Se]Br)c1. The van der Waals surface area contributed by atoms with E-state index in [0.29, 0.717) is 0 Å². The molecule has 0 unspecified atom stereocenters. The van der Waals surface area contributed by atoms with Gasteiger partial charge >= 0.3 is 76.7 Å². The Morgan fingerprint density at radius 2 is 2.27 bits per heavy atom. The molecule has 1 rings (SSSR count). The molecule has 0 aliphatic heterocycles. The summed E-state index contributed by atoms with van der Waals surface area (Å²) in [6.45, 7) is 0. The average Bonchev–Trinajstić information content (AvgIpc) is 2.05. The van der Waals surface area contributed by atoms with Gasteiger partial charge in [0.2, 0.25) is 0 Å². The fraction of sp³-hybridized carbons (Fsp3) is 0. The van der Waals surface area contributed by atoms with Gasteiger partial charge in [-0.3, -0.25) is 0 Å². The van der Waals surface area contributed by atoms with Crippen LogP contribution in [-0.4, -0.2) is 18.1 Å². The van der Waals surface area contributed by atoms with E-state index in [2.05, 4.69) is 14.1 Å². The molecule has 0 aliphatic carbocycles. The second kappa shape index (κ2) is 3.85. The van der Waals surface area contributed by atoms with Gasteiger partial charge < -0.3 is 0 Å². The summed E-state index contributed by atoms with van der Waals surface area (Å²) in [4.78, 5) is 9.88. The number of non-ortho nitro benzene ring substituents is 1. The van der Waals surface area contributed by atoms with Crippen LogP contribution in [0.15, 0.2) is 24.3 Å². The molecule has 0 N–H and O–H groups in total. The van der Waals surface area contributed by atoms with Crippen molar-refractivity contribution in [2.75, 3.05) is 0 Å². The van der Waals surface area contributed by atoms with Crippen LogP contribution in [0.4, 0.5) is 5.69 Å². The minimum absolute atomic E-state index is 0.152. The Hall–Kier alpha value is -0.381. The van der Waals surface area contributed by atoms with E-state index in [0.717, 1.165) is 4.46 Å². The standard InChI is InChI=1S/C6H4BrNO2Se/c7-11-6-3-1-2-5(4-6)8(9)10/h1-4H. The fourth-order valence-corrected chi connectivity index (χ4v) is 2.31. The van der Waals surface area contributed by atoms with Crippen LogP contribution in [0.3, 0.4) is 0 Å². The summed E-state index contributed by atoms with van der Waals surface area (Å²) in [5, 5.41) is 10.3. The van der Waals surface area contributed by atoms with E-state index in [1.165, 1.54) is 6.07 Å². The first-order valence-electron chi connectivity index (χ1n) is 2.77. The van der Waals surface area contributed by atoms with Gasteiger partial charge in [-0.2, -0.15) is 0 Å². The van der Waals surface area contributed by atoms with Crippen LogP contribution in [0.25, 0.3) is 0 Å². The Kier molecular flexibility index (Phi) is 3.05. The van der Waals surface area contributed by atoms with E-state index >= 15 is 0 Å². The molecule has 0 spiro atoms. The van der Waals surface area contributed by atoms with Gasteiger partial charge in [0.05, 0.1) is 0 Å². The zero-order valence-electron chi connectivity index (χ0n) is 5.36. The molecule has 0 fully saturated rings. The first-order chi connectivity index (χ1) is 5.24. The van der Waals surface area contributed by atoms with Crippen molar-refractivity contribution >= 4 is 37.4 Å². The van der Waals surface area contributed by atoms with Crippen molar-refractivity contribution in [3.8, 4) is 0 Å². The third-order valence-electron chi connectivity index (χ3n) is 1.12. The van der Waals surface area contributed by atoms with Gasteiger partial charge in [-0.1, -0.05) is 0 Å². The van der Waals surface area contributed by atoms with E-state index < -0.39 is 0 Å². The van der Waals surface area contributed by atoms with Gasteiger partial charge in [-0.15, -0.1) is 0 Å². The minimum atomic E-state index is -0.387. The number of nitro benzene ring substituents is 1. The third kappa shape index (κ3) is 2.29. The monoisotopic (exact) mass is 281 g/mol. The summed E-state index contributed by atoms with van der Waals surface area (Å²) in [6.07, 6.45) is 0. The molecule has 5 heteroatoms. The van der Waals surface area contributed by atoms with Crippen LogP contribution >= 0.6 is 14.1 Å². The van der Waals surface area contributed by atoms with Gasteiger partial charge in [-0.05, 0) is 0 Å². The molecule has 0 bridgehead atoms. The molecule has 0 aromatic heterocycles. The molecule has 58 valence electrons. The second-order valence-corrected chi connectivity index (χ2v) is 4.83. The van der Waals surface area contributed by atoms with Crippen molar-refractivity contribution in [2.24, 2.45) is 0 Å². The summed E-state index contributed by atoms with van der Waals surface area (Å²) < 4.78 is 0.978. The van der Waals surface area contributed by atoms with Gasteiger partial charge in [0, 0.05) is 0 Å². The van der Waals surface area contributed by atoms with Gasteiger partial charge in [-0.25, -0.2) is 0 Å². The summed E-state index contributed by atoms with van der Waals surface area (Å²) >= 11 is 3.43. The molecule has 0 saturated carbocycles. The number of hydrogen-bond donors (Lipinski definition) is 0. The zero-order valence-corrected chi connectivity index (χ0v) is 8.66. The van der Waals surface area contributed by atoms with Crippen LogP contribution in [0.5, 0.6) is 0 Å². The second-order valence-electron chi connectivity index (χ2n) is 1.83. The average molecular weight is 281 g/mol. The van der Waals surface area contributed by atoms with E-state index in [1.807, 2.05) is 6.07 Å². The molecule has 0 aliphatic rings. The number of halogens is 1. The van der Waals surface area contributed by atoms with Crippen LogP contribution in [0.1, 0.15) is 0 Å². The maximum atomic E-state index is 10.3. The molecular formula is C6H4BrNO2Se. The summed E-state index contributed by atoms with van der Waals surface area (Å²) in [7, 11) is 0. The van der Waals surface area contributed by atoms with Crippen molar-refractivity contribution < 1.29 is 4.92 Å². The molecular weight excluding hydrogens is 277 g/mol. The van der Waals surface area contributed by atoms with E-state index in [-0.39, 0.29) is 23.8 Å². The molecule has 0 radical (unpaired) electrons. The normalized spacial score (nSPS) is 9.55. The molecule has 1 aromatic rings. The van der Waals surface area contributed by atoms with Crippen LogP contribution < -0.4 is 4.46 Å². The van der Waals surface area contributed by atoms with Crippen molar-refractivity contribution in [3.63, 3.8) is 0 Å².